The van der Waals surface area contributed by atoms with E-state index >= 15 is 0 Å². The number of halogens is 1. The minimum Gasteiger partial charge on any atom is -0.492 e. The van der Waals surface area contributed by atoms with E-state index in [-0.39, 0.29) is 18.4 Å². The van der Waals surface area contributed by atoms with Gasteiger partial charge in [0, 0.05) is 11.6 Å². The molecule has 1 aliphatic heterocycles. The number of fused-ring (bicyclic) bond motifs is 1. The van der Waals surface area contributed by atoms with E-state index in [2.05, 4.69) is 5.32 Å². The average Bonchev–Trinajstić information content (AvgIpc) is 2.71. The van der Waals surface area contributed by atoms with Crippen molar-refractivity contribution in [2.45, 2.75) is 19.0 Å². The molecule has 0 saturated heterocycles. The average molecular weight is 403 g/mol. The first kappa shape index (κ1) is 20.2. The van der Waals surface area contributed by atoms with Crippen LogP contribution in [0.25, 0.3) is 0 Å². The summed E-state index contributed by atoms with van der Waals surface area (Å²) >= 11 is 5.83. The standard InChI is InChI=1S/C21H23ClN2O4/c1-27-21(26)19-12-15-4-2-3-5-16(15)13-24(19)14-20(25)23-10-11-28-18-8-6-17(22)7-9-18/h2-9,19H,10-14H2,1H3,(H,23,25). The van der Waals surface area contributed by atoms with Crippen molar-refractivity contribution in [3.8, 4) is 5.75 Å². The van der Waals surface area contributed by atoms with Gasteiger partial charge in [-0.15, -0.1) is 0 Å². The zero-order valence-electron chi connectivity index (χ0n) is 15.7. The van der Waals surface area contributed by atoms with E-state index in [0.717, 1.165) is 11.1 Å². The van der Waals surface area contributed by atoms with Gasteiger partial charge >= 0.3 is 5.97 Å². The summed E-state index contributed by atoms with van der Waals surface area (Å²) in [6.45, 7) is 1.37. The van der Waals surface area contributed by atoms with Crippen LogP contribution in [0.3, 0.4) is 0 Å². The third-order valence-corrected chi connectivity index (χ3v) is 4.92. The first-order chi connectivity index (χ1) is 13.6. The van der Waals surface area contributed by atoms with Gasteiger partial charge in [-0.05, 0) is 41.8 Å². The molecule has 2 aromatic rings. The summed E-state index contributed by atoms with van der Waals surface area (Å²) < 4.78 is 10.5. The number of benzene rings is 2. The fourth-order valence-electron chi connectivity index (χ4n) is 3.24. The molecular formula is C21H23ClN2O4. The molecule has 0 fully saturated rings. The Bertz CT molecular complexity index is 825. The normalized spacial score (nSPS) is 16.1. The summed E-state index contributed by atoms with van der Waals surface area (Å²) in [5, 5.41) is 3.47. The number of nitrogens with zero attached hydrogens (tertiary/aromatic N) is 1. The minimum atomic E-state index is -0.462. The molecule has 1 amide bonds. The molecule has 1 atom stereocenters. The molecule has 1 aliphatic rings. The Morgan fingerprint density at radius 3 is 2.57 bits per heavy atom. The van der Waals surface area contributed by atoms with Gasteiger partial charge in [0.1, 0.15) is 18.4 Å². The maximum absolute atomic E-state index is 12.4. The first-order valence-electron chi connectivity index (χ1n) is 9.10. The highest BCUT2D eigenvalue weighted by Gasteiger charge is 2.33. The fourth-order valence-corrected chi connectivity index (χ4v) is 3.37. The molecule has 28 heavy (non-hydrogen) atoms. The number of carbonyl (C=O) groups excluding carboxylic acids is 2. The van der Waals surface area contributed by atoms with E-state index < -0.39 is 6.04 Å². The molecule has 3 rings (SSSR count). The van der Waals surface area contributed by atoms with Crippen molar-refractivity contribution in [1.82, 2.24) is 10.2 Å². The number of amides is 1. The summed E-state index contributed by atoms with van der Waals surface area (Å²) in [5.41, 5.74) is 2.24. The van der Waals surface area contributed by atoms with E-state index in [9.17, 15) is 9.59 Å². The molecule has 7 heteroatoms. The van der Waals surface area contributed by atoms with Crippen LogP contribution in [0, 0.1) is 0 Å². The van der Waals surface area contributed by atoms with Crippen LogP contribution in [0.2, 0.25) is 5.02 Å². The Balaban J connectivity index is 1.51. The highest BCUT2D eigenvalue weighted by atomic mass is 35.5. The lowest BCUT2D eigenvalue weighted by atomic mass is 9.94. The largest absolute Gasteiger partial charge is 0.492 e. The van der Waals surface area contributed by atoms with Gasteiger partial charge in [0.2, 0.25) is 5.91 Å². The molecule has 148 valence electrons. The lowest BCUT2D eigenvalue weighted by molar-refractivity contribution is -0.148. The van der Waals surface area contributed by atoms with E-state index in [1.807, 2.05) is 29.2 Å². The van der Waals surface area contributed by atoms with Crippen molar-refractivity contribution in [2.75, 3.05) is 26.8 Å². The molecule has 0 aliphatic carbocycles. The van der Waals surface area contributed by atoms with Gasteiger partial charge < -0.3 is 14.8 Å². The Kier molecular flexibility index (Phi) is 6.90. The molecule has 0 aromatic heterocycles. The van der Waals surface area contributed by atoms with Gasteiger partial charge in [0.25, 0.3) is 0 Å². The van der Waals surface area contributed by atoms with E-state index in [1.165, 1.54) is 7.11 Å². The van der Waals surface area contributed by atoms with Gasteiger partial charge in [-0.25, -0.2) is 0 Å². The van der Waals surface area contributed by atoms with Crippen LogP contribution < -0.4 is 10.1 Å². The second kappa shape index (κ2) is 9.57. The van der Waals surface area contributed by atoms with E-state index in [1.54, 1.807) is 24.3 Å². The molecule has 6 nitrogen and oxygen atoms in total. The lowest BCUT2D eigenvalue weighted by Crippen LogP contribution is -2.50. The van der Waals surface area contributed by atoms with Crippen molar-refractivity contribution < 1.29 is 19.1 Å². The Morgan fingerprint density at radius 1 is 1.14 bits per heavy atom. The van der Waals surface area contributed by atoms with Crippen LogP contribution >= 0.6 is 11.6 Å². The van der Waals surface area contributed by atoms with Crippen molar-refractivity contribution in [3.63, 3.8) is 0 Å². The second-order valence-corrected chi connectivity index (χ2v) is 7.01. The van der Waals surface area contributed by atoms with Crippen LogP contribution in [-0.2, 0) is 27.3 Å². The van der Waals surface area contributed by atoms with Crippen molar-refractivity contribution in [1.29, 1.82) is 0 Å². The molecule has 0 radical (unpaired) electrons. The van der Waals surface area contributed by atoms with E-state index in [0.29, 0.717) is 36.9 Å². The van der Waals surface area contributed by atoms with Gasteiger partial charge in [0.15, 0.2) is 0 Å². The van der Waals surface area contributed by atoms with Crippen molar-refractivity contribution in [3.05, 3.63) is 64.7 Å². The summed E-state index contributed by atoms with van der Waals surface area (Å²) in [6, 6.07) is 14.5. The summed E-state index contributed by atoms with van der Waals surface area (Å²) in [4.78, 5) is 26.4. The molecule has 0 spiro atoms. The minimum absolute atomic E-state index is 0.120. The second-order valence-electron chi connectivity index (χ2n) is 6.57. The molecule has 0 bridgehead atoms. The van der Waals surface area contributed by atoms with E-state index in [4.69, 9.17) is 21.1 Å². The van der Waals surface area contributed by atoms with Gasteiger partial charge in [-0.1, -0.05) is 35.9 Å². The predicted octanol–water partition coefficient (Wildman–Crippen LogP) is 2.43. The summed E-state index contributed by atoms with van der Waals surface area (Å²) in [7, 11) is 1.37. The molecule has 1 N–H and O–H groups in total. The van der Waals surface area contributed by atoms with Crippen molar-refractivity contribution in [2.24, 2.45) is 0 Å². The smallest absolute Gasteiger partial charge is 0.323 e. The quantitative estimate of drug-likeness (QED) is 0.569. The maximum atomic E-state index is 12.4. The number of ether oxygens (including phenoxy) is 2. The van der Waals surface area contributed by atoms with Crippen LogP contribution in [0.15, 0.2) is 48.5 Å². The number of methoxy groups -OCH3 is 1. The first-order valence-corrected chi connectivity index (χ1v) is 9.48. The van der Waals surface area contributed by atoms with Crippen LogP contribution in [0.1, 0.15) is 11.1 Å². The third kappa shape index (κ3) is 5.24. The zero-order chi connectivity index (χ0) is 19.9. The van der Waals surface area contributed by atoms with Crippen LogP contribution in [0.5, 0.6) is 5.75 Å². The van der Waals surface area contributed by atoms with Crippen molar-refractivity contribution >= 4 is 23.5 Å². The molecule has 1 unspecified atom stereocenters. The van der Waals surface area contributed by atoms with Gasteiger partial charge in [-0.3, -0.25) is 14.5 Å². The molecule has 1 heterocycles. The van der Waals surface area contributed by atoms with Gasteiger partial charge in [0.05, 0.1) is 20.2 Å². The SMILES string of the molecule is COC(=O)C1Cc2ccccc2CN1CC(=O)NCCOc1ccc(Cl)cc1. The number of hydrogen-bond donors (Lipinski definition) is 1. The molecule has 2 aromatic carbocycles. The summed E-state index contributed by atoms with van der Waals surface area (Å²) in [6.07, 6.45) is 0.538. The zero-order valence-corrected chi connectivity index (χ0v) is 16.4. The monoisotopic (exact) mass is 402 g/mol. The molecular weight excluding hydrogens is 380 g/mol. The Morgan fingerprint density at radius 2 is 1.86 bits per heavy atom. The van der Waals surface area contributed by atoms with Gasteiger partial charge in [-0.2, -0.15) is 0 Å². The predicted molar refractivity (Wildman–Crippen MR) is 106 cm³/mol. The fraction of sp³-hybridized carbons (Fsp3) is 0.333. The number of nitrogens with one attached hydrogen (secondary N) is 1. The topological polar surface area (TPSA) is 67.9 Å². The number of rotatable bonds is 7. The molecule has 0 saturated carbocycles. The summed E-state index contributed by atoms with van der Waals surface area (Å²) in [5.74, 6) is 0.207. The highest BCUT2D eigenvalue weighted by molar-refractivity contribution is 6.30. The Hall–Kier alpha value is -2.57. The van der Waals surface area contributed by atoms with Crippen LogP contribution in [-0.4, -0.2) is 49.6 Å². The maximum Gasteiger partial charge on any atom is 0.323 e. The lowest BCUT2D eigenvalue weighted by Gasteiger charge is -2.34. The highest BCUT2D eigenvalue weighted by Crippen LogP contribution is 2.23. The Labute approximate surface area is 169 Å². The third-order valence-electron chi connectivity index (χ3n) is 4.67. The van der Waals surface area contributed by atoms with Crippen LogP contribution in [0.4, 0.5) is 0 Å². The number of carbonyl (C=O) groups is 2. The number of esters is 1. The number of hydrogen-bond acceptors (Lipinski definition) is 5.